The van der Waals surface area contributed by atoms with Crippen molar-refractivity contribution in [1.82, 2.24) is 0 Å². The molecule has 1 nitrogen and oxygen atoms in total. The van der Waals surface area contributed by atoms with Crippen molar-refractivity contribution in [2.45, 2.75) is 104 Å². The van der Waals surface area contributed by atoms with E-state index >= 15 is 0 Å². The van der Waals surface area contributed by atoms with E-state index in [4.69, 9.17) is 0 Å². The van der Waals surface area contributed by atoms with Crippen LogP contribution in [0.4, 0.5) is 0 Å². The lowest BCUT2D eigenvalue weighted by Gasteiger charge is -2.15. The number of carbonyl (C=O) groups is 1. The number of hydrogen-bond donors (Lipinski definition) is 0. The fourth-order valence-electron chi connectivity index (χ4n) is 4.26. The summed E-state index contributed by atoms with van der Waals surface area (Å²) in [4.78, 5) is 11.1. The molecule has 0 aromatic heterocycles. The van der Waals surface area contributed by atoms with Crippen molar-refractivity contribution in [2.24, 2.45) is 0 Å². The molecule has 0 unspecified atom stereocenters. The zero-order chi connectivity index (χ0) is 22.3. The third-order valence-corrected chi connectivity index (χ3v) is 6.97. The van der Waals surface area contributed by atoms with Gasteiger partial charge in [-0.25, -0.2) is 0 Å². The van der Waals surface area contributed by atoms with E-state index < -0.39 is 0 Å². The molecule has 0 fully saturated rings. The SMILES string of the molecule is CCCCCCCCc1cc(-c2ccc(C=O)cc2)c(CCCCCCCC)cc1Br. The molecule has 0 saturated carbocycles. The molecule has 0 amide bonds. The molecule has 0 saturated heterocycles. The van der Waals surface area contributed by atoms with Crippen molar-refractivity contribution in [3.63, 3.8) is 0 Å². The summed E-state index contributed by atoms with van der Waals surface area (Å²) in [5, 5.41) is 0. The molecule has 0 radical (unpaired) electrons. The van der Waals surface area contributed by atoms with Gasteiger partial charge in [-0.2, -0.15) is 0 Å². The molecule has 0 bridgehead atoms. The van der Waals surface area contributed by atoms with Crippen LogP contribution < -0.4 is 0 Å². The summed E-state index contributed by atoms with van der Waals surface area (Å²) in [6, 6.07) is 12.8. The summed E-state index contributed by atoms with van der Waals surface area (Å²) in [7, 11) is 0. The van der Waals surface area contributed by atoms with Crippen LogP contribution in [0.2, 0.25) is 0 Å². The van der Waals surface area contributed by atoms with E-state index in [0.717, 1.165) is 24.7 Å². The van der Waals surface area contributed by atoms with Crippen molar-refractivity contribution >= 4 is 22.2 Å². The van der Waals surface area contributed by atoms with Crippen LogP contribution in [0.5, 0.6) is 0 Å². The standard InChI is InChI=1S/C29H41BrO/c1-3-5-7-9-11-13-15-26-22-29(30)27(16-14-12-10-8-6-4-2)21-28(26)25-19-17-24(23-31)18-20-25/h17-23H,3-16H2,1-2H3. The summed E-state index contributed by atoms with van der Waals surface area (Å²) in [6.45, 7) is 4.54. The zero-order valence-electron chi connectivity index (χ0n) is 19.7. The zero-order valence-corrected chi connectivity index (χ0v) is 21.3. The fourth-order valence-corrected chi connectivity index (χ4v) is 4.85. The maximum Gasteiger partial charge on any atom is 0.150 e. The van der Waals surface area contributed by atoms with Gasteiger partial charge in [-0.3, -0.25) is 4.79 Å². The molecule has 2 rings (SSSR count). The molecule has 2 heteroatoms. The summed E-state index contributed by atoms with van der Waals surface area (Å²) in [6.07, 6.45) is 19.0. The van der Waals surface area contributed by atoms with Crippen molar-refractivity contribution in [3.05, 3.63) is 57.6 Å². The molecule has 2 aromatic carbocycles. The first-order chi connectivity index (χ1) is 15.2. The summed E-state index contributed by atoms with van der Waals surface area (Å²) < 4.78 is 1.26. The van der Waals surface area contributed by atoms with Gasteiger partial charge in [0.1, 0.15) is 6.29 Å². The van der Waals surface area contributed by atoms with Crippen LogP contribution in [0.3, 0.4) is 0 Å². The van der Waals surface area contributed by atoms with Gasteiger partial charge >= 0.3 is 0 Å². The highest BCUT2D eigenvalue weighted by Crippen LogP contribution is 2.32. The maximum atomic E-state index is 11.1. The molecule has 0 aliphatic carbocycles. The Labute approximate surface area is 199 Å². The highest BCUT2D eigenvalue weighted by atomic mass is 79.9. The Bertz CT molecular complexity index is 763. The number of carbonyl (C=O) groups excluding carboxylic acids is 1. The number of rotatable bonds is 16. The Hall–Kier alpha value is -1.41. The Morgan fingerprint density at radius 2 is 1.19 bits per heavy atom. The predicted octanol–water partition coefficient (Wildman–Crippen LogP) is 9.73. The topological polar surface area (TPSA) is 17.1 Å². The van der Waals surface area contributed by atoms with Gasteiger partial charge in [-0.15, -0.1) is 0 Å². The quantitative estimate of drug-likeness (QED) is 0.171. The lowest BCUT2D eigenvalue weighted by atomic mass is 9.92. The average molecular weight is 486 g/mol. The lowest BCUT2D eigenvalue weighted by Crippen LogP contribution is -1.97. The van der Waals surface area contributed by atoms with Crippen molar-refractivity contribution < 1.29 is 4.79 Å². The predicted molar refractivity (Wildman–Crippen MR) is 139 cm³/mol. The smallest absolute Gasteiger partial charge is 0.150 e. The Kier molecular flexibility index (Phi) is 12.8. The highest BCUT2D eigenvalue weighted by molar-refractivity contribution is 9.10. The molecule has 31 heavy (non-hydrogen) atoms. The number of halogens is 1. The number of unbranched alkanes of at least 4 members (excludes halogenated alkanes) is 10. The number of aryl methyl sites for hydroxylation is 2. The monoisotopic (exact) mass is 484 g/mol. The first-order valence-corrected chi connectivity index (χ1v) is 13.4. The Balaban J connectivity index is 2.10. The minimum Gasteiger partial charge on any atom is -0.298 e. The third kappa shape index (κ3) is 9.31. The van der Waals surface area contributed by atoms with Gasteiger partial charge in [0, 0.05) is 10.0 Å². The minimum absolute atomic E-state index is 0.741. The van der Waals surface area contributed by atoms with E-state index in [1.54, 1.807) is 0 Å². The van der Waals surface area contributed by atoms with Crippen LogP contribution in [0.1, 0.15) is 112 Å². The summed E-state index contributed by atoms with van der Waals surface area (Å²) in [5.74, 6) is 0. The van der Waals surface area contributed by atoms with E-state index in [-0.39, 0.29) is 0 Å². The van der Waals surface area contributed by atoms with Gasteiger partial charge in [0.2, 0.25) is 0 Å². The number of benzene rings is 2. The molecule has 0 N–H and O–H groups in total. The second-order valence-corrected chi connectivity index (χ2v) is 9.73. The average Bonchev–Trinajstić information content (AvgIpc) is 2.79. The van der Waals surface area contributed by atoms with Crippen LogP contribution >= 0.6 is 15.9 Å². The normalized spacial score (nSPS) is 11.1. The molecular weight excluding hydrogens is 444 g/mol. The third-order valence-electron chi connectivity index (χ3n) is 6.23. The summed E-state index contributed by atoms with van der Waals surface area (Å²) in [5.41, 5.74) is 6.15. The molecule has 0 atom stereocenters. The van der Waals surface area contributed by atoms with Crippen LogP contribution in [0.15, 0.2) is 40.9 Å². The Morgan fingerprint density at radius 3 is 1.74 bits per heavy atom. The van der Waals surface area contributed by atoms with Crippen LogP contribution in [0, 0.1) is 0 Å². The molecular formula is C29H41BrO. The van der Waals surface area contributed by atoms with Crippen LogP contribution in [-0.2, 0) is 12.8 Å². The fraction of sp³-hybridized carbons (Fsp3) is 0.552. The molecule has 0 heterocycles. The van der Waals surface area contributed by atoms with Gasteiger partial charge in [0.25, 0.3) is 0 Å². The largest absolute Gasteiger partial charge is 0.298 e. The van der Waals surface area contributed by atoms with Gasteiger partial charge in [0.15, 0.2) is 0 Å². The maximum absolute atomic E-state index is 11.1. The van der Waals surface area contributed by atoms with Crippen LogP contribution in [-0.4, -0.2) is 6.29 Å². The van der Waals surface area contributed by atoms with E-state index in [1.165, 1.54) is 104 Å². The van der Waals surface area contributed by atoms with E-state index in [0.29, 0.717) is 0 Å². The first kappa shape index (κ1) is 25.8. The van der Waals surface area contributed by atoms with Crippen molar-refractivity contribution in [1.29, 1.82) is 0 Å². The molecule has 0 aliphatic rings. The molecule has 170 valence electrons. The second-order valence-electron chi connectivity index (χ2n) is 8.88. The lowest BCUT2D eigenvalue weighted by molar-refractivity contribution is 0.112. The first-order valence-electron chi connectivity index (χ1n) is 12.6. The molecule has 0 spiro atoms. The second kappa shape index (κ2) is 15.4. The summed E-state index contributed by atoms with van der Waals surface area (Å²) >= 11 is 3.87. The van der Waals surface area contributed by atoms with Gasteiger partial charge in [-0.05, 0) is 60.1 Å². The minimum atomic E-state index is 0.741. The molecule has 2 aromatic rings. The highest BCUT2D eigenvalue weighted by Gasteiger charge is 2.11. The van der Waals surface area contributed by atoms with E-state index in [1.807, 2.05) is 12.1 Å². The van der Waals surface area contributed by atoms with Gasteiger partial charge in [-0.1, -0.05) is 118 Å². The molecule has 0 aliphatic heterocycles. The van der Waals surface area contributed by atoms with E-state index in [9.17, 15) is 4.79 Å². The van der Waals surface area contributed by atoms with Gasteiger partial charge < -0.3 is 0 Å². The number of aldehydes is 1. The van der Waals surface area contributed by atoms with Gasteiger partial charge in [0.05, 0.1) is 0 Å². The van der Waals surface area contributed by atoms with E-state index in [2.05, 4.69) is 54.0 Å². The van der Waals surface area contributed by atoms with Crippen molar-refractivity contribution in [2.75, 3.05) is 0 Å². The Morgan fingerprint density at radius 1 is 0.677 bits per heavy atom. The van der Waals surface area contributed by atoms with Crippen molar-refractivity contribution in [3.8, 4) is 11.1 Å². The van der Waals surface area contributed by atoms with Crippen LogP contribution in [0.25, 0.3) is 11.1 Å². The number of hydrogen-bond acceptors (Lipinski definition) is 1.